The summed E-state index contributed by atoms with van der Waals surface area (Å²) in [6, 6.07) is 4.30. The number of rotatable bonds is 11. The second-order valence-electron chi connectivity index (χ2n) is 4.91. The zero-order chi connectivity index (χ0) is 20.2. The van der Waals surface area contributed by atoms with Crippen LogP contribution in [0.1, 0.15) is 17.3 Å². The van der Waals surface area contributed by atoms with Crippen LogP contribution in [0.3, 0.4) is 0 Å². The third-order valence-electron chi connectivity index (χ3n) is 2.93. The van der Waals surface area contributed by atoms with Crippen LogP contribution >= 0.6 is 0 Å². The fourth-order valence-corrected chi connectivity index (χ4v) is 1.63. The zero-order valence-corrected chi connectivity index (χ0v) is 15.2. The van der Waals surface area contributed by atoms with E-state index in [-0.39, 0.29) is 24.4 Å². The highest BCUT2D eigenvalue weighted by molar-refractivity contribution is 6.40. The zero-order valence-electron chi connectivity index (χ0n) is 15.2. The van der Waals surface area contributed by atoms with E-state index in [0.29, 0.717) is 11.5 Å². The van der Waals surface area contributed by atoms with Gasteiger partial charge in [-0.1, -0.05) is 6.58 Å². The Kier molecular flexibility index (Phi) is 9.10. The summed E-state index contributed by atoms with van der Waals surface area (Å²) < 4.78 is 19.5. The molecule has 0 amide bonds. The van der Waals surface area contributed by atoms with Gasteiger partial charge in [-0.3, -0.25) is 4.79 Å². The normalized spacial score (nSPS) is 10.2. The molecule has 0 aliphatic carbocycles. The van der Waals surface area contributed by atoms with E-state index in [0.717, 1.165) is 12.5 Å². The summed E-state index contributed by atoms with van der Waals surface area (Å²) >= 11 is 0. The minimum atomic E-state index is -1.06. The van der Waals surface area contributed by atoms with Crippen LogP contribution in [0.5, 0.6) is 11.5 Å². The molecule has 27 heavy (non-hydrogen) atoms. The van der Waals surface area contributed by atoms with Gasteiger partial charge in [0, 0.05) is 11.1 Å². The van der Waals surface area contributed by atoms with Crippen LogP contribution in [0.2, 0.25) is 0 Å². The van der Waals surface area contributed by atoms with E-state index in [1.807, 2.05) is 0 Å². The van der Waals surface area contributed by atoms with Crippen molar-refractivity contribution in [3.05, 3.63) is 48.4 Å². The molecule has 0 aliphatic rings. The van der Waals surface area contributed by atoms with Gasteiger partial charge in [-0.2, -0.15) is 4.89 Å². The molecular weight excluding hydrogens is 360 g/mol. The second-order valence-corrected chi connectivity index (χ2v) is 4.91. The summed E-state index contributed by atoms with van der Waals surface area (Å²) in [6.07, 6.45) is 1.93. The van der Waals surface area contributed by atoms with E-state index in [2.05, 4.69) is 21.1 Å². The first-order valence-electron chi connectivity index (χ1n) is 7.64. The molecule has 0 bridgehead atoms. The van der Waals surface area contributed by atoms with Crippen molar-refractivity contribution in [3.8, 4) is 11.5 Å². The summed E-state index contributed by atoms with van der Waals surface area (Å²) in [5.41, 5.74) is 0.323. The molecule has 0 atom stereocenters. The number of hydrogen-bond acceptors (Lipinski definition) is 9. The highest BCUT2D eigenvalue weighted by atomic mass is 17.2. The standard InChI is InChI=1S/C18H20O9/c1-12(2)17(20)24-7-9-26-27-10-8-25-18(21)16(19)13-5-6-14(22-3)15(11-13)23-4/h5-7,9,11H,1,8,10H2,2-4H3/b9-7-. The average Bonchev–Trinajstić information content (AvgIpc) is 2.68. The van der Waals surface area contributed by atoms with Crippen LogP contribution < -0.4 is 9.47 Å². The number of esters is 2. The molecule has 0 N–H and O–H groups in total. The van der Waals surface area contributed by atoms with Gasteiger partial charge >= 0.3 is 11.9 Å². The Hall–Kier alpha value is -3.33. The summed E-state index contributed by atoms with van der Waals surface area (Å²) in [4.78, 5) is 44.0. The summed E-state index contributed by atoms with van der Waals surface area (Å²) in [5.74, 6) is -1.78. The Morgan fingerprint density at radius 2 is 1.70 bits per heavy atom. The molecule has 1 aromatic carbocycles. The topological polar surface area (TPSA) is 107 Å². The Bertz CT molecular complexity index is 722. The van der Waals surface area contributed by atoms with Gasteiger partial charge < -0.3 is 23.8 Å². The largest absolute Gasteiger partial charge is 0.493 e. The molecule has 0 aliphatic heterocycles. The molecular formula is C18H20O9. The third-order valence-corrected chi connectivity index (χ3v) is 2.93. The van der Waals surface area contributed by atoms with Gasteiger partial charge in [0.2, 0.25) is 0 Å². The highest BCUT2D eigenvalue weighted by Gasteiger charge is 2.19. The first-order chi connectivity index (χ1) is 12.9. The molecule has 0 spiro atoms. The van der Waals surface area contributed by atoms with Crippen molar-refractivity contribution in [2.45, 2.75) is 6.92 Å². The number of carbonyl (C=O) groups excluding carboxylic acids is 3. The number of hydrogen-bond donors (Lipinski definition) is 0. The van der Waals surface area contributed by atoms with E-state index in [4.69, 9.17) is 14.2 Å². The maximum atomic E-state index is 12.0. The minimum Gasteiger partial charge on any atom is -0.493 e. The van der Waals surface area contributed by atoms with Crippen molar-refractivity contribution in [1.29, 1.82) is 0 Å². The lowest BCUT2D eigenvalue weighted by Crippen LogP contribution is -2.20. The molecule has 0 fully saturated rings. The summed E-state index contributed by atoms with van der Waals surface area (Å²) in [5, 5.41) is 0. The molecule has 0 saturated heterocycles. The Balaban J connectivity index is 2.34. The average molecular weight is 380 g/mol. The molecule has 0 saturated carbocycles. The predicted octanol–water partition coefficient (Wildman–Crippen LogP) is 1.97. The fraction of sp³-hybridized carbons (Fsp3) is 0.278. The van der Waals surface area contributed by atoms with Gasteiger partial charge in [-0.25, -0.2) is 9.59 Å². The SMILES string of the molecule is C=C(C)C(=O)O/C=C\OOCCOC(=O)C(=O)c1ccc(OC)c(OC)c1. The number of benzene rings is 1. The van der Waals surface area contributed by atoms with Crippen LogP contribution in [0.15, 0.2) is 42.9 Å². The quantitative estimate of drug-likeness (QED) is 0.0832. The number of ketones is 1. The summed E-state index contributed by atoms with van der Waals surface area (Å²) in [6.45, 7) is 4.51. The number of ether oxygens (including phenoxy) is 4. The molecule has 0 radical (unpaired) electrons. The molecule has 1 aromatic rings. The number of carbonyl (C=O) groups is 3. The number of methoxy groups -OCH3 is 2. The fourth-order valence-electron chi connectivity index (χ4n) is 1.63. The van der Waals surface area contributed by atoms with Crippen LogP contribution in [0.4, 0.5) is 0 Å². The van der Waals surface area contributed by atoms with Crippen LogP contribution in [0, 0.1) is 0 Å². The van der Waals surface area contributed by atoms with Gasteiger partial charge in [0.1, 0.15) is 19.5 Å². The minimum absolute atomic E-state index is 0.0945. The Morgan fingerprint density at radius 1 is 1.00 bits per heavy atom. The van der Waals surface area contributed by atoms with E-state index in [9.17, 15) is 14.4 Å². The van der Waals surface area contributed by atoms with Crippen molar-refractivity contribution in [2.24, 2.45) is 0 Å². The Morgan fingerprint density at radius 3 is 2.33 bits per heavy atom. The lowest BCUT2D eigenvalue weighted by molar-refractivity contribution is -0.255. The smallest absolute Gasteiger partial charge is 0.379 e. The van der Waals surface area contributed by atoms with Crippen molar-refractivity contribution in [1.82, 2.24) is 0 Å². The van der Waals surface area contributed by atoms with Gasteiger partial charge in [-0.15, -0.1) is 0 Å². The van der Waals surface area contributed by atoms with Gasteiger partial charge in [-0.05, 0) is 25.1 Å². The molecule has 9 nitrogen and oxygen atoms in total. The molecule has 9 heteroatoms. The molecule has 146 valence electrons. The first-order valence-corrected chi connectivity index (χ1v) is 7.64. The van der Waals surface area contributed by atoms with E-state index in [1.54, 1.807) is 0 Å². The maximum Gasteiger partial charge on any atom is 0.379 e. The van der Waals surface area contributed by atoms with Crippen LogP contribution in [-0.2, 0) is 28.8 Å². The predicted molar refractivity (Wildman–Crippen MR) is 91.9 cm³/mol. The molecule has 0 aromatic heterocycles. The van der Waals surface area contributed by atoms with Gasteiger partial charge in [0.15, 0.2) is 17.8 Å². The second kappa shape index (κ2) is 11.3. The molecule has 0 unspecified atom stereocenters. The maximum absolute atomic E-state index is 12.0. The van der Waals surface area contributed by atoms with Crippen molar-refractivity contribution < 1.29 is 43.1 Å². The van der Waals surface area contributed by atoms with E-state index < -0.39 is 17.7 Å². The van der Waals surface area contributed by atoms with E-state index in [1.165, 1.54) is 39.3 Å². The van der Waals surface area contributed by atoms with Gasteiger partial charge in [0.05, 0.1) is 14.2 Å². The summed E-state index contributed by atoms with van der Waals surface area (Å²) in [7, 11) is 2.87. The molecule has 1 rings (SSSR count). The number of Topliss-reactive ketones (excluding diaryl/α,β-unsaturated/α-hetero) is 1. The highest BCUT2D eigenvalue weighted by Crippen LogP contribution is 2.27. The lowest BCUT2D eigenvalue weighted by atomic mass is 10.1. The van der Waals surface area contributed by atoms with Crippen molar-refractivity contribution in [2.75, 3.05) is 27.4 Å². The monoisotopic (exact) mass is 380 g/mol. The Labute approximate surface area is 156 Å². The van der Waals surface area contributed by atoms with Gasteiger partial charge in [0.25, 0.3) is 5.78 Å². The van der Waals surface area contributed by atoms with Crippen molar-refractivity contribution in [3.63, 3.8) is 0 Å². The van der Waals surface area contributed by atoms with Crippen LogP contribution in [-0.4, -0.2) is 45.2 Å². The third kappa shape index (κ3) is 7.20. The lowest BCUT2D eigenvalue weighted by Gasteiger charge is -2.09. The molecule has 0 heterocycles. The van der Waals surface area contributed by atoms with Crippen LogP contribution in [0.25, 0.3) is 0 Å². The van der Waals surface area contributed by atoms with Crippen molar-refractivity contribution >= 4 is 17.7 Å². The first kappa shape index (κ1) is 21.7. The van der Waals surface area contributed by atoms with E-state index >= 15 is 0 Å².